The summed E-state index contributed by atoms with van der Waals surface area (Å²) < 4.78 is 0. The number of H-pyrrole nitrogens is 1. The number of benzene rings is 1. The molecule has 18 heavy (non-hydrogen) atoms. The van der Waals surface area contributed by atoms with Crippen LogP contribution in [0.3, 0.4) is 0 Å². The fourth-order valence-corrected chi connectivity index (χ4v) is 1.80. The quantitative estimate of drug-likeness (QED) is 0.639. The lowest BCUT2D eigenvalue weighted by Gasteiger charge is -2.05. The summed E-state index contributed by atoms with van der Waals surface area (Å²) in [5.74, 6) is -2.11. The van der Waals surface area contributed by atoms with Crippen LogP contribution >= 0.6 is 0 Å². The van der Waals surface area contributed by atoms with E-state index in [2.05, 4.69) is 4.98 Å². The maximum Gasteiger partial charge on any atom is 0.335 e. The summed E-state index contributed by atoms with van der Waals surface area (Å²) in [7, 11) is 0. The molecule has 1 heterocycles. The third-order valence-electron chi connectivity index (χ3n) is 2.77. The Morgan fingerprint density at radius 3 is 2.67 bits per heavy atom. The molecule has 6 nitrogen and oxygen atoms in total. The number of aromatic carboxylic acids is 1. The maximum atomic E-state index is 10.9. The molecule has 0 fully saturated rings. The standard InChI is InChI=1S/C12H12N2O4/c13-9(12(17)18)4-7-5-14-10-2-1-6(11(15)16)3-8(7)10/h1-3,5,9,14H,4,13H2,(H,15,16)(H,17,18). The smallest absolute Gasteiger partial charge is 0.335 e. The molecular weight excluding hydrogens is 236 g/mol. The molecule has 2 rings (SSSR count). The van der Waals surface area contributed by atoms with Crippen LogP contribution in [0, 0.1) is 0 Å². The lowest BCUT2D eigenvalue weighted by Crippen LogP contribution is -2.32. The molecule has 1 aromatic heterocycles. The van der Waals surface area contributed by atoms with Gasteiger partial charge in [0.1, 0.15) is 6.04 Å². The van der Waals surface area contributed by atoms with E-state index in [4.69, 9.17) is 15.9 Å². The monoisotopic (exact) mass is 248 g/mol. The van der Waals surface area contributed by atoms with Gasteiger partial charge < -0.3 is 20.9 Å². The Labute approximate surface area is 102 Å². The number of nitrogens with one attached hydrogen (secondary N) is 1. The van der Waals surface area contributed by atoms with E-state index < -0.39 is 18.0 Å². The van der Waals surface area contributed by atoms with Crippen LogP contribution in [0.5, 0.6) is 0 Å². The summed E-state index contributed by atoms with van der Waals surface area (Å²) in [5, 5.41) is 18.4. The number of hydrogen-bond acceptors (Lipinski definition) is 3. The van der Waals surface area contributed by atoms with Crippen LogP contribution < -0.4 is 5.73 Å². The minimum atomic E-state index is -1.08. The van der Waals surface area contributed by atoms with E-state index in [0.717, 1.165) is 5.52 Å². The van der Waals surface area contributed by atoms with Crippen LogP contribution in [0.1, 0.15) is 15.9 Å². The Morgan fingerprint density at radius 2 is 2.06 bits per heavy atom. The summed E-state index contributed by atoms with van der Waals surface area (Å²) >= 11 is 0. The molecule has 0 amide bonds. The number of rotatable bonds is 4. The molecule has 6 heteroatoms. The highest BCUT2D eigenvalue weighted by Crippen LogP contribution is 2.21. The highest BCUT2D eigenvalue weighted by molar-refractivity contribution is 5.94. The Hall–Kier alpha value is -2.34. The third kappa shape index (κ3) is 2.18. The molecule has 1 aromatic carbocycles. The van der Waals surface area contributed by atoms with E-state index in [1.54, 1.807) is 12.3 Å². The van der Waals surface area contributed by atoms with Gasteiger partial charge >= 0.3 is 11.9 Å². The lowest BCUT2D eigenvalue weighted by molar-refractivity contribution is -0.138. The van der Waals surface area contributed by atoms with Crippen LogP contribution in [-0.4, -0.2) is 33.2 Å². The van der Waals surface area contributed by atoms with Crippen LogP contribution in [0.2, 0.25) is 0 Å². The van der Waals surface area contributed by atoms with E-state index in [9.17, 15) is 9.59 Å². The van der Waals surface area contributed by atoms with Crippen LogP contribution in [0.4, 0.5) is 0 Å². The Bertz CT molecular complexity index is 618. The number of fused-ring (bicyclic) bond motifs is 1. The molecule has 0 radical (unpaired) electrons. The van der Waals surface area contributed by atoms with Crippen molar-refractivity contribution in [1.29, 1.82) is 0 Å². The van der Waals surface area contributed by atoms with E-state index in [-0.39, 0.29) is 12.0 Å². The van der Waals surface area contributed by atoms with Gasteiger partial charge in [0.25, 0.3) is 0 Å². The van der Waals surface area contributed by atoms with Gasteiger partial charge in [-0.25, -0.2) is 4.79 Å². The highest BCUT2D eigenvalue weighted by Gasteiger charge is 2.15. The summed E-state index contributed by atoms with van der Waals surface area (Å²) in [5.41, 5.74) is 7.08. The Morgan fingerprint density at radius 1 is 1.33 bits per heavy atom. The number of aromatic nitrogens is 1. The number of carboxylic acids is 2. The fraction of sp³-hybridized carbons (Fsp3) is 0.167. The predicted molar refractivity (Wildman–Crippen MR) is 64.6 cm³/mol. The lowest BCUT2D eigenvalue weighted by atomic mass is 10.0. The molecule has 94 valence electrons. The van der Waals surface area contributed by atoms with Crippen LogP contribution in [-0.2, 0) is 11.2 Å². The zero-order chi connectivity index (χ0) is 13.3. The first-order valence-corrected chi connectivity index (χ1v) is 5.30. The molecule has 0 bridgehead atoms. The molecule has 0 aliphatic rings. The van der Waals surface area contributed by atoms with Crippen molar-refractivity contribution in [3.8, 4) is 0 Å². The van der Waals surface area contributed by atoms with Gasteiger partial charge in [0.05, 0.1) is 5.56 Å². The first-order valence-electron chi connectivity index (χ1n) is 5.30. The molecule has 0 aliphatic heterocycles. The molecule has 0 saturated heterocycles. The minimum Gasteiger partial charge on any atom is -0.480 e. The number of carboxylic acid groups (broad SMARTS) is 2. The SMILES string of the molecule is NC(Cc1c[nH]c2ccc(C(=O)O)cc12)C(=O)O. The van der Waals surface area contributed by atoms with E-state index in [1.807, 2.05) is 0 Å². The van der Waals surface area contributed by atoms with Crippen LogP contribution in [0.15, 0.2) is 24.4 Å². The van der Waals surface area contributed by atoms with E-state index >= 15 is 0 Å². The van der Waals surface area contributed by atoms with Crippen molar-refractivity contribution in [2.24, 2.45) is 5.73 Å². The average molecular weight is 248 g/mol. The van der Waals surface area contributed by atoms with Gasteiger partial charge in [0.15, 0.2) is 0 Å². The highest BCUT2D eigenvalue weighted by atomic mass is 16.4. The summed E-state index contributed by atoms with van der Waals surface area (Å²) in [6.07, 6.45) is 1.80. The molecule has 0 spiro atoms. The fourth-order valence-electron chi connectivity index (χ4n) is 1.80. The molecule has 2 aromatic rings. The zero-order valence-electron chi connectivity index (χ0n) is 9.38. The molecular formula is C12H12N2O4. The van der Waals surface area contributed by atoms with Crippen molar-refractivity contribution in [3.05, 3.63) is 35.5 Å². The van der Waals surface area contributed by atoms with E-state index in [1.165, 1.54) is 12.1 Å². The van der Waals surface area contributed by atoms with Gasteiger partial charge in [0.2, 0.25) is 0 Å². The maximum absolute atomic E-state index is 10.9. The van der Waals surface area contributed by atoms with Gasteiger partial charge in [-0.15, -0.1) is 0 Å². The third-order valence-corrected chi connectivity index (χ3v) is 2.77. The number of carbonyl (C=O) groups is 2. The second-order valence-corrected chi connectivity index (χ2v) is 4.03. The normalized spacial score (nSPS) is 12.5. The van der Waals surface area contributed by atoms with Gasteiger partial charge in [-0.3, -0.25) is 4.79 Å². The summed E-state index contributed by atoms with van der Waals surface area (Å²) in [6.45, 7) is 0. The van der Waals surface area contributed by atoms with Gasteiger partial charge in [-0.05, 0) is 23.8 Å². The molecule has 0 aliphatic carbocycles. The van der Waals surface area contributed by atoms with Crippen molar-refractivity contribution in [2.75, 3.05) is 0 Å². The first-order chi connectivity index (χ1) is 8.49. The Balaban J connectivity index is 2.42. The number of hydrogen-bond donors (Lipinski definition) is 4. The predicted octanol–water partition coefficient (Wildman–Crippen LogP) is 0.821. The number of aliphatic carboxylic acids is 1. The topological polar surface area (TPSA) is 116 Å². The molecule has 0 saturated carbocycles. The molecule has 5 N–H and O–H groups in total. The zero-order valence-corrected chi connectivity index (χ0v) is 9.38. The van der Waals surface area contributed by atoms with Crippen molar-refractivity contribution in [3.63, 3.8) is 0 Å². The van der Waals surface area contributed by atoms with Gasteiger partial charge in [-0.2, -0.15) is 0 Å². The number of nitrogens with two attached hydrogens (primary N) is 1. The first kappa shape index (κ1) is 12.1. The number of aromatic amines is 1. The van der Waals surface area contributed by atoms with Gasteiger partial charge in [-0.1, -0.05) is 0 Å². The van der Waals surface area contributed by atoms with Crippen LogP contribution in [0.25, 0.3) is 10.9 Å². The molecule has 1 unspecified atom stereocenters. The van der Waals surface area contributed by atoms with Crippen molar-refractivity contribution in [2.45, 2.75) is 12.5 Å². The van der Waals surface area contributed by atoms with Crippen molar-refractivity contribution < 1.29 is 19.8 Å². The largest absolute Gasteiger partial charge is 0.480 e. The summed E-state index contributed by atoms with van der Waals surface area (Å²) in [4.78, 5) is 24.5. The van der Waals surface area contributed by atoms with Crippen molar-refractivity contribution >= 4 is 22.8 Å². The van der Waals surface area contributed by atoms with E-state index in [0.29, 0.717) is 10.9 Å². The molecule has 1 atom stereocenters. The second kappa shape index (κ2) is 4.50. The average Bonchev–Trinajstić information content (AvgIpc) is 2.71. The summed E-state index contributed by atoms with van der Waals surface area (Å²) in [6, 6.07) is 3.65. The minimum absolute atomic E-state index is 0.151. The van der Waals surface area contributed by atoms with Crippen molar-refractivity contribution in [1.82, 2.24) is 4.98 Å². The Kier molecular flexibility index (Phi) is 3.03. The van der Waals surface area contributed by atoms with Gasteiger partial charge in [0, 0.05) is 23.5 Å². The second-order valence-electron chi connectivity index (χ2n) is 4.03.